The summed E-state index contributed by atoms with van der Waals surface area (Å²) in [6.07, 6.45) is 3.00. The van der Waals surface area contributed by atoms with Crippen LogP contribution in [0.2, 0.25) is 0 Å². The highest BCUT2D eigenvalue weighted by molar-refractivity contribution is 6.00. The molecule has 0 spiro atoms. The molecule has 1 aliphatic rings. The van der Waals surface area contributed by atoms with Gasteiger partial charge in [-0.25, -0.2) is 0 Å². The van der Waals surface area contributed by atoms with Gasteiger partial charge in [0.2, 0.25) is 0 Å². The number of hydrogen-bond donors (Lipinski definition) is 2. The second kappa shape index (κ2) is 6.61. The van der Waals surface area contributed by atoms with Gasteiger partial charge in [0, 0.05) is 11.6 Å². The van der Waals surface area contributed by atoms with E-state index in [4.69, 9.17) is 14.7 Å². The molecule has 1 aromatic rings. The Kier molecular flexibility index (Phi) is 4.84. The Labute approximate surface area is 118 Å². The first-order valence-corrected chi connectivity index (χ1v) is 6.87. The van der Waals surface area contributed by atoms with Crippen molar-refractivity contribution in [1.29, 1.82) is 0 Å². The van der Waals surface area contributed by atoms with Crippen LogP contribution in [0.1, 0.15) is 38.2 Å². The maximum atomic E-state index is 10.0. The van der Waals surface area contributed by atoms with Crippen LogP contribution in [0.25, 0.3) is 0 Å². The molecule has 5 nitrogen and oxygen atoms in total. The molecule has 20 heavy (non-hydrogen) atoms. The van der Waals surface area contributed by atoms with Crippen molar-refractivity contribution < 1.29 is 19.8 Å². The number of oxime groups is 1. The Hall–Kier alpha value is -1.75. The highest BCUT2D eigenvalue weighted by atomic mass is 16.5. The molecule has 2 N–H and O–H groups in total. The summed E-state index contributed by atoms with van der Waals surface area (Å²) in [5.41, 5.74) is 1.17. The summed E-state index contributed by atoms with van der Waals surface area (Å²) >= 11 is 0. The second-order valence-electron chi connectivity index (χ2n) is 5.06. The molecule has 0 radical (unpaired) electrons. The molecule has 2 atom stereocenters. The van der Waals surface area contributed by atoms with Crippen molar-refractivity contribution in [3.05, 3.63) is 23.8 Å². The fraction of sp³-hybridized carbons (Fsp3) is 0.533. The van der Waals surface area contributed by atoms with E-state index in [-0.39, 0.29) is 6.10 Å². The van der Waals surface area contributed by atoms with Gasteiger partial charge in [0.25, 0.3) is 0 Å². The molecule has 5 heteroatoms. The summed E-state index contributed by atoms with van der Waals surface area (Å²) < 4.78 is 11.1. The number of benzene rings is 1. The lowest BCUT2D eigenvalue weighted by Crippen LogP contribution is -2.35. The lowest BCUT2D eigenvalue weighted by molar-refractivity contribution is 0.00668. The maximum absolute atomic E-state index is 10.0. The van der Waals surface area contributed by atoms with Gasteiger partial charge < -0.3 is 19.8 Å². The highest BCUT2D eigenvalue weighted by Gasteiger charge is 2.26. The van der Waals surface area contributed by atoms with Gasteiger partial charge in [-0.1, -0.05) is 11.6 Å². The van der Waals surface area contributed by atoms with Gasteiger partial charge in [-0.15, -0.1) is 0 Å². The molecule has 1 aromatic carbocycles. The molecule has 0 saturated heterocycles. The monoisotopic (exact) mass is 279 g/mol. The van der Waals surface area contributed by atoms with Gasteiger partial charge >= 0.3 is 0 Å². The van der Waals surface area contributed by atoms with Gasteiger partial charge in [0.05, 0.1) is 18.9 Å². The van der Waals surface area contributed by atoms with Gasteiger partial charge in [-0.3, -0.25) is 0 Å². The summed E-state index contributed by atoms with van der Waals surface area (Å²) in [5.74, 6) is 1.24. The van der Waals surface area contributed by atoms with Crippen LogP contribution >= 0.6 is 0 Å². The molecule has 1 saturated carbocycles. The number of ether oxygens (including phenoxy) is 2. The van der Waals surface area contributed by atoms with Crippen molar-refractivity contribution in [3.63, 3.8) is 0 Å². The number of methoxy groups -OCH3 is 1. The Morgan fingerprint density at radius 1 is 1.30 bits per heavy atom. The van der Waals surface area contributed by atoms with E-state index in [9.17, 15) is 5.11 Å². The Morgan fingerprint density at radius 3 is 2.70 bits per heavy atom. The molecule has 0 aromatic heterocycles. The summed E-state index contributed by atoms with van der Waals surface area (Å²) in [7, 11) is 1.58. The molecule has 1 aliphatic carbocycles. The van der Waals surface area contributed by atoms with Crippen LogP contribution < -0.4 is 9.47 Å². The van der Waals surface area contributed by atoms with Crippen molar-refractivity contribution in [1.82, 2.24) is 0 Å². The van der Waals surface area contributed by atoms with Crippen LogP contribution in [0.3, 0.4) is 0 Å². The Balaban J connectivity index is 2.27. The third-order valence-corrected chi connectivity index (χ3v) is 3.67. The van der Waals surface area contributed by atoms with Crippen LogP contribution in [-0.2, 0) is 0 Å². The third-order valence-electron chi connectivity index (χ3n) is 3.67. The average Bonchev–Trinajstić information content (AvgIpc) is 2.48. The summed E-state index contributed by atoms with van der Waals surface area (Å²) in [6, 6.07) is 5.33. The normalized spacial score (nSPS) is 23.4. The zero-order valence-electron chi connectivity index (χ0n) is 11.9. The minimum Gasteiger partial charge on any atom is -0.497 e. The molecule has 2 rings (SSSR count). The van der Waals surface area contributed by atoms with Gasteiger partial charge in [-0.2, -0.15) is 0 Å². The zero-order chi connectivity index (χ0) is 14.5. The standard InChI is InChI=1S/C15H21NO4/c1-10(16-18)12-8-7-11(19-2)9-15(12)20-14-6-4-3-5-13(14)17/h7-9,13-14,17-18H,3-6H2,1-2H3/b16-10+. The molecule has 1 fully saturated rings. The topological polar surface area (TPSA) is 71.3 Å². The SMILES string of the molecule is COc1ccc(/C(C)=N/O)c(OC2CCCCC2O)c1. The van der Waals surface area contributed by atoms with E-state index in [0.29, 0.717) is 22.8 Å². The van der Waals surface area contributed by atoms with Crippen molar-refractivity contribution >= 4 is 5.71 Å². The quantitative estimate of drug-likeness (QED) is 0.505. The molecule has 110 valence electrons. The number of aliphatic hydroxyl groups excluding tert-OH is 1. The Bertz CT molecular complexity index is 487. The predicted octanol–water partition coefficient (Wildman–Crippen LogP) is 2.58. The van der Waals surface area contributed by atoms with E-state index >= 15 is 0 Å². The van der Waals surface area contributed by atoms with E-state index in [1.54, 1.807) is 32.2 Å². The Morgan fingerprint density at radius 2 is 2.05 bits per heavy atom. The smallest absolute Gasteiger partial charge is 0.132 e. The second-order valence-corrected chi connectivity index (χ2v) is 5.06. The number of hydrogen-bond acceptors (Lipinski definition) is 5. The first-order valence-electron chi connectivity index (χ1n) is 6.87. The largest absolute Gasteiger partial charge is 0.497 e. The molecule has 0 heterocycles. The minimum atomic E-state index is -0.450. The van der Waals surface area contributed by atoms with Crippen molar-refractivity contribution in [3.8, 4) is 11.5 Å². The predicted molar refractivity (Wildman–Crippen MR) is 75.9 cm³/mol. The molecular formula is C15H21NO4. The molecule has 0 aliphatic heterocycles. The summed E-state index contributed by atoms with van der Waals surface area (Å²) in [5, 5.41) is 22.2. The van der Waals surface area contributed by atoms with Crippen LogP contribution in [0, 0.1) is 0 Å². The highest BCUT2D eigenvalue weighted by Crippen LogP contribution is 2.30. The summed E-state index contributed by atoms with van der Waals surface area (Å²) in [4.78, 5) is 0. The van der Waals surface area contributed by atoms with Crippen LogP contribution in [0.15, 0.2) is 23.4 Å². The number of rotatable bonds is 4. The van der Waals surface area contributed by atoms with Gasteiger partial charge in [0.1, 0.15) is 17.6 Å². The van der Waals surface area contributed by atoms with E-state index in [1.807, 2.05) is 0 Å². The van der Waals surface area contributed by atoms with Gasteiger partial charge in [-0.05, 0) is 38.3 Å². The maximum Gasteiger partial charge on any atom is 0.132 e. The average molecular weight is 279 g/mol. The number of nitrogens with zero attached hydrogens (tertiary/aromatic N) is 1. The molecule has 2 unspecified atom stereocenters. The van der Waals surface area contributed by atoms with E-state index in [1.165, 1.54) is 0 Å². The molecular weight excluding hydrogens is 258 g/mol. The van der Waals surface area contributed by atoms with E-state index < -0.39 is 6.10 Å². The van der Waals surface area contributed by atoms with E-state index in [0.717, 1.165) is 25.7 Å². The van der Waals surface area contributed by atoms with Gasteiger partial charge in [0.15, 0.2) is 0 Å². The van der Waals surface area contributed by atoms with Crippen molar-refractivity contribution in [2.24, 2.45) is 5.16 Å². The first-order chi connectivity index (χ1) is 9.65. The van der Waals surface area contributed by atoms with Crippen molar-refractivity contribution in [2.45, 2.75) is 44.8 Å². The molecule has 0 bridgehead atoms. The summed E-state index contributed by atoms with van der Waals surface area (Å²) in [6.45, 7) is 1.70. The van der Waals surface area contributed by atoms with Crippen molar-refractivity contribution in [2.75, 3.05) is 7.11 Å². The van der Waals surface area contributed by atoms with E-state index in [2.05, 4.69) is 5.16 Å². The lowest BCUT2D eigenvalue weighted by Gasteiger charge is -2.29. The van der Waals surface area contributed by atoms with Crippen LogP contribution in [0.5, 0.6) is 11.5 Å². The number of aliphatic hydroxyl groups is 1. The fourth-order valence-electron chi connectivity index (χ4n) is 2.46. The zero-order valence-corrected chi connectivity index (χ0v) is 11.9. The lowest BCUT2D eigenvalue weighted by atomic mass is 9.94. The minimum absolute atomic E-state index is 0.221. The first kappa shape index (κ1) is 14.7. The van der Waals surface area contributed by atoms with Crippen LogP contribution in [-0.4, -0.2) is 35.3 Å². The van der Waals surface area contributed by atoms with Crippen LogP contribution in [0.4, 0.5) is 0 Å². The molecule has 0 amide bonds. The third kappa shape index (κ3) is 3.22. The fourth-order valence-corrected chi connectivity index (χ4v) is 2.46.